The second-order valence-corrected chi connectivity index (χ2v) is 5.76. The van der Waals surface area contributed by atoms with Gasteiger partial charge in [0, 0.05) is 32.5 Å². The van der Waals surface area contributed by atoms with Crippen LogP contribution in [0.25, 0.3) is 0 Å². The molecule has 0 bridgehead atoms. The predicted octanol–water partition coefficient (Wildman–Crippen LogP) is 1.81. The Labute approximate surface area is 122 Å². The van der Waals surface area contributed by atoms with Crippen molar-refractivity contribution in [1.29, 1.82) is 0 Å². The van der Waals surface area contributed by atoms with Crippen molar-refractivity contribution in [3.8, 4) is 0 Å². The second kappa shape index (κ2) is 5.04. The van der Waals surface area contributed by atoms with Crippen molar-refractivity contribution in [2.24, 2.45) is 0 Å². The Kier molecular flexibility index (Phi) is 3.33. The van der Waals surface area contributed by atoms with Gasteiger partial charge in [-0.2, -0.15) is 0 Å². The quantitative estimate of drug-likeness (QED) is 0.899. The highest BCUT2D eigenvalue weighted by Gasteiger charge is 2.45. The number of hydrogen-bond donors (Lipinski definition) is 1. The fourth-order valence-corrected chi connectivity index (χ4v) is 3.14. The number of rotatable bonds is 2. The number of aromatic carboxylic acids is 1. The molecule has 112 valence electrons. The highest BCUT2D eigenvalue weighted by molar-refractivity contribution is 6.00. The van der Waals surface area contributed by atoms with E-state index in [0.717, 1.165) is 25.9 Å². The lowest BCUT2D eigenvalue weighted by atomic mass is 9.96. The highest BCUT2D eigenvalue weighted by Crippen LogP contribution is 2.35. The van der Waals surface area contributed by atoms with Crippen LogP contribution in [-0.4, -0.2) is 54.4 Å². The first-order chi connectivity index (χ1) is 10.0. The average molecular weight is 290 g/mol. The number of amides is 1. The minimum atomic E-state index is -1.04. The fraction of sp³-hybridized carbons (Fsp3) is 0.467. The standard InChI is InChI=1S/C15H18N2O4/c1-16-8-6-15(10-16)7-9-17(14(20)21-15)12-5-3-2-4-11(12)13(18)19/h2-5H,6-10H2,1H3,(H,18,19). The number of anilines is 1. The number of nitrogens with zero attached hydrogens (tertiary/aromatic N) is 2. The van der Waals surface area contributed by atoms with Crippen LogP contribution in [0.15, 0.2) is 24.3 Å². The Morgan fingerprint density at radius 1 is 1.29 bits per heavy atom. The summed E-state index contributed by atoms with van der Waals surface area (Å²) in [4.78, 5) is 27.2. The zero-order valence-corrected chi connectivity index (χ0v) is 11.9. The summed E-state index contributed by atoms with van der Waals surface area (Å²) in [5, 5.41) is 9.24. The van der Waals surface area contributed by atoms with E-state index in [1.54, 1.807) is 18.2 Å². The maximum absolute atomic E-state index is 12.3. The Hall–Kier alpha value is -2.08. The molecule has 1 aromatic carbocycles. The summed E-state index contributed by atoms with van der Waals surface area (Å²) in [7, 11) is 2.01. The Bertz CT molecular complexity index is 589. The van der Waals surface area contributed by atoms with Crippen LogP contribution in [0, 0.1) is 0 Å². The van der Waals surface area contributed by atoms with Gasteiger partial charge in [-0.25, -0.2) is 9.59 Å². The van der Waals surface area contributed by atoms with Crippen molar-refractivity contribution >= 4 is 17.7 Å². The van der Waals surface area contributed by atoms with E-state index in [1.165, 1.54) is 11.0 Å². The van der Waals surface area contributed by atoms with Crippen LogP contribution in [0.4, 0.5) is 10.5 Å². The maximum Gasteiger partial charge on any atom is 0.414 e. The molecule has 2 saturated heterocycles. The van der Waals surface area contributed by atoms with Gasteiger partial charge in [0.05, 0.1) is 11.3 Å². The third kappa shape index (κ3) is 2.47. The van der Waals surface area contributed by atoms with Gasteiger partial charge in [-0.05, 0) is 19.2 Å². The molecule has 1 N–H and O–H groups in total. The molecule has 0 aliphatic carbocycles. The van der Waals surface area contributed by atoms with E-state index in [4.69, 9.17) is 4.74 Å². The fourth-order valence-electron chi connectivity index (χ4n) is 3.14. The maximum atomic E-state index is 12.3. The molecule has 1 spiro atoms. The summed E-state index contributed by atoms with van der Waals surface area (Å²) in [5.41, 5.74) is 0.116. The van der Waals surface area contributed by atoms with Crippen molar-refractivity contribution in [3.05, 3.63) is 29.8 Å². The lowest BCUT2D eigenvalue weighted by Crippen LogP contribution is -2.51. The van der Waals surface area contributed by atoms with Gasteiger partial charge in [0.15, 0.2) is 0 Å². The molecule has 3 rings (SSSR count). The van der Waals surface area contributed by atoms with E-state index in [1.807, 2.05) is 7.05 Å². The summed E-state index contributed by atoms with van der Waals surface area (Å²) in [6.45, 7) is 2.14. The highest BCUT2D eigenvalue weighted by atomic mass is 16.6. The van der Waals surface area contributed by atoms with Crippen molar-refractivity contribution in [1.82, 2.24) is 4.90 Å². The number of hydrogen-bond acceptors (Lipinski definition) is 4. The Morgan fingerprint density at radius 2 is 2.00 bits per heavy atom. The summed E-state index contributed by atoms with van der Waals surface area (Å²) in [5.74, 6) is -1.04. The average Bonchev–Trinajstić information content (AvgIpc) is 2.80. The van der Waals surface area contributed by atoms with E-state index in [9.17, 15) is 14.7 Å². The van der Waals surface area contributed by atoms with Gasteiger partial charge >= 0.3 is 12.1 Å². The van der Waals surface area contributed by atoms with Crippen LogP contribution in [0.2, 0.25) is 0 Å². The molecule has 1 aromatic rings. The SMILES string of the molecule is CN1CCC2(CCN(c3ccccc3C(=O)O)C(=O)O2)C1. The Morgan fingerprint density at radius 3 is 2.62 bits per heavy atom. The first kappa shape index (κ1) is 13.9. The molecule has 0 saturated carbocycles. The zero-order valence-electron chi connectivity index (χ0n) is 11.9. The van der Waals surface area contributed by atoms with Crippen molar-refractivity contribution in [2.45, 2.75) is 18.4 Å². The predicted molar refractivity (Wildman–Crippen MR) is 76.7 cm³/mol. The number of benzene rings is 1. The van der Waals surface area contributed by atoms with Gasteiger partial charge in [-0.1, -0.05) is 12.1 Å². The topological polar surface area (TPSA) is 70.1 Å². The van der Waals surface area contributed by atoms with Crippen LogP contribution in [0.1, 0.15) is 23.2 Å². The third-order valence-corrected chi connectivity index (χ3v) is 4.25. The van der Waals surface area contributed by atoms with Crippen molar-refractivity contribution in [2.75, 3.05) is 31.6 Å². The summed E-state index contributed by atoms with van der Waals surface area (Å²) >= 11 is 0. The molecule has 1 atom stereocenters. The van der Waals surface area contributed by atoms with Crippen molar-refractivity contribution in [3.63, 3.8) is 0 Å². The number of likely N-dealkylation sites (N-methyl/N-ethyl adjacent to an activating group) is 1. The molecule has 1 amide bonds. The Balaban J connectivity index is 1.83. The molecule has 0 aromatic heterocycles. The number of likely N-dealkylation sites (tertiary alicyclic amines) is 1. The summed E-state index contributed by atoms with van der Waals surface area (Å²) in [6.07, 6.45) is 1.10. The second-order valence-electron chi connectivity index (χ2n) is 5.76. The van der Waals surface area contributed by atoms with Gasteiger partial charge in [0.2, 0.25) is 0 Å². The van der Waals surface area contributed by atoms with Crippen LogP contribution in [0.5, 0.6) is 0 Å². The number of ether oxygens (including phenoxy) is 1. The van der Waals surface area contributed by atoms with E-state index in [-0.39, 0.29) is 5.56 Å². The largest absolute Gasteiger partial charge is 0.478 e. The van der Waals surface area contributed by atoms with Crippen LogP contribution in [-0.2, 0) is 4.74 Å². The van der Waals surface area contributed by atoms with Gasteiger partial charge in [-0.15, -0.1) is 0 Å². The molecular weight excluding hydrogens is 272 g/mol. The number of carboxylic acids is 1. The third-order valence-electron chi connectivity index (χ3n) is 4.25. The lowest BCUT2D eigenvalue weighted by molar-refractivity contribution is 0.00432. The van der Waals surface area contributed by atoms with Crippen LogP contribution < -0.4 is 4.90 Å². The summed E-state index contributed by atoms with van der Waals surface area (Å²) < 4.78 is 5.66. The number of carbonyl (C=O) groups excluding carboxylic acids is 1. The monoisotopic (exact) mass is 290 g/mol. The molecular formula is C15H18N2O4. The normalized spacial score (nSPS) is 26.1. The van der Waals surface area contributed by atoms with Crippen molar-refractivity contribution < 1.29 is 19.4 Å². The molecule has 0 radical (unpaired) electrons. The van der Waals surface area contributed by atoms with Gasteiger partial charge in [0.25, 0.3) is 0 Å². The molecule has 2 aliphatic rings. The van der Waals surface area contributed by atoms with Crippen LogP contribution in [0.3, 0.4) is 0 Å². The molecule has 2 heterocycles. The first-order valence-corrected chi connectivity index (χ1v) is 7.02. The molecule has 21 heavy (non-hydrogen) atoms. The number of carbonyl (C=O) groups is 2. The number of para-hydroxylation sites is 1. The number of carboxylic acid groups (broad SMARTS) is 1. The minimum absolute atomic E-state index is 0.119. The minimum Gasteiger partial charge on any atom is -0.478 e. The van der Waals surface area contributed by atoms with E-state index in [0.29, 0.717) is 12.2 Å². The summed E-state index contributed by atoms with van der Waals surface area (Å²) in [6, 6.07) is 6.51. The zero-order chi connectivity index (χ0) is 15.0. The molecule has 1 unspecified atom stereocenters. The van der Waals surface area contributed by atoms with Gasteiger partial charge in [0.1, 0.15) is 5.60 Å². The van der Waals surface area contributed by atoms with E-state index < -0.39 is 17.7 Å². The molecule has 2 aliphatic heterocycles. The van der Waals surface area contributed by atoms with E-state index >= 15 is 0 Å². The molecule has 6 nitrogen and oxygen atoms in total. The van der Waals surface area contributed by atoms with Gasteiger partial charge in [-0.3, -0.25) is 4.90 Å². The smallest absolute Gasteiger partial charge is 0.414 e. The molecule has 2 fully saturated rings. The lowest BCUT2D eigenvalue weighted by Gasteiger charge is -2.39. The first-order valence-electron chi connectivity index (χ1n) is 7.02. The van der Waals surface area contributed by atoms with Gasteiger partial charge < -0.3 is 14.7 Å². The van der Waals surface area contributed by atoms with E-state index in [2.05, 4.69) is 4.90 Å². The van der Waals surface area contributed by atoms with Crippen LogP contribution >= 0.6 is 0 Å². The molecule has 6 heteroatoms.